The first-order valence-corrected chi connectivity index (χ1v) is 7.91. The summed E-state index contributed by atoms with van der Waals surface area (Å²) in [5.74, 6) is -0.942. The predicted octanol–water partition coefficient (Wildman–Crippen LogP) is 1.93. The Bertz CT molecular complexity index is 382. The molecule has 2 unspecified atom stereocenters. The minimum Gasteiger partial charge on any atom is -0.480 e. The molecule has 1 N–H and O–H groups in total. The van der Waals surface area contributed by atoms with Crippen molar-refractivity contribution in [2.75, 3.05) is 20.2 Å². The fourth-order valence-electron chi connectivity index (χ4n) is 3.52. The smallest absolute Gasteiger partial charge is 0.326 e. The maximum Gasteiger partial charge on any atom is 0.326 e. The van der Waals surface area contributed by atoms with Gasteiger partial charge < -0.3 is 19.6 Å². The summed E-state index contributed by atoms with van der Waals surface area (Å²) >= 11 is 0. The van der Waals surface area contributed by atoms with Crippen LogP contribution < -0.4 is 0 Å². The Morgan fingerprint density at radius 2 is 1.95 bits per heavy atom. The van der Waals surface area contributed by atoms with Crippen molar-refractivity contribution in [2.24, 2.45) is 0 Å². The van der Waals surface area contributed by atoms with Crippen LogP contribution in [0.15, 0.2) is 0 Å². The van der Waals surface area contributed by atoms with Crippen LogP contribution in [-0.4, -0.2) is 65.3 Å². The van der Waals surface area contributed by atoms with Crippen LogP contribution in [0.5, 0.6) is 0 Å². The number of carboxylic acid groups (broad SMARTS) is 1. The van der Waals surface area contributed by atoms with E-state index in [0.717, 1.165) is 25.7 Å². The standard InChI is InChI=1S/C15H26N2O4/c1-3-16(11-7-5-4-6-8-11)15(20)17-10-12(21-2)9-13(17)14(18)19/h11-13H,3-10H2,1-2H3,(H,18,19). The molecule has 21 heavy (non-hydrogen) atoms. The highest BCUT2D eigenvalue weighted by atomic mass is 16.5. The number of likely N-dealkylation sites (tertiary alicyclic amines) is 1. The summed E-state index contributed by atoms with van der Waals surface area (Å²) in [4.78, 5) is 27.5. The minimum absolute atomic E-state index is 0.142. The molecule has 1 saturated heterocycles. The number of methoxy groups -OCH3 is 1. The fourth-order valence-corrected chi connectivity index (χ4v) is 3.52. The first kappa shape index (κ1) is 16.1. The van der Waals surface area contributed by atoms with Crippen molar-refractivity contribution >= 4 is 12.0 Å². The summed E-state index contributed by atoms with van der Waals surface area (Å²) in [5, 5.41) is 9.34. The summed E-state index contributed by atoms with van der Waals surface area (Å²) < 4.78 is 5.26. The van der Waals surface area contributed by atoms with Crippen LogP contribution >= 0.6 is 0 Å². The van der Waals surface area contributed by atoms with Gasteiger partial charge in [-0.2, -0.15) is 0 Å². The number of carbonyl (C=O) groups excluding carboxylic acids is 1. The van der Waals surface area contributed by atoms with Crippen molar-refractivity contribution in [3.05, 3.63) is 0 Å². The summed E-state index contributed by atoms with van der Waals surface area (Å²) in [7, 11) is 1.57. The number of urea groups is 1. The Hall–Kier alpha value is -1.30. The first-order valence-electron chi connectivity index (χ1n) is 7.91. The average molecular weight is 298 g/mol. The van der Waals surface area contributed by atoms with Crippen molar-refractivity contribution in [3.8, 4) is 0 Å². The Morgan fingerprint density at radius 3 is 2.48 bits per heavy atom. The van der Waals surface area contributed by atoms with Gasteiger partial charge in [0, 0.05) is 32.7 Å². The number of hydrogen-bond donors (Lipinski definition) is 1. The van der Waals surface area contributed by atoms with Crippen molar-refractivity contribution in [2.45, 2.75) is 63.6 Å². The number of rotatable bonds is 4. The van der Waals surface area contributed by atoms with E-state index in [-0.39, 0.29) is 18.2 Å². The SMILES string of the molecule is CCN(C(=O)N1CC(OC)CC1C(=O)O)C1CCCCC1. The average Bonchev–Trinajstić information content (AvgIpc) is 2.93. The molecular formula is C15H26N2O4. The lowest BCUT2D eigenvalue weighted by atomic mass is 9.94. The van der Waals surface area contributed by atoms with Crippen LogP contribution in [0.3, 0.4) is 0 Å². The van der Waals surface area contributed by atoms with Crippen molar-refractivity contribution in [1.82, 2.24) is 9.80 Å². The molecule has 2 rings (SSSR count). The first-order chi connectivity index (χ1) is 10.1. The molecule has 1 aliphatic heterocycles. The Kier molecular flexibility index (Phi) is 5.45. The fraction of sp³-hybridized carbons (Fsp3) is 0.867. The molecule has 0 radical (unpaired) electrons. The lowest BCUT2D eigenvalue weighted by molar-refractivity contribution is -0.141. The molecule has 0 spiro atoms. The zero-order chi connectivity index (χ0) is 15.4. The van der Waals surface area contributed by atoms with Crippen molar-refractivity contribution in [1.29, 1.82) is 0 Å². The van der Waals surface area contributed by atoms with E-state index in [1.165, 1.54) is 11.3 Å². The van der Waals surface area contributed by atoms with Crippen LogP contribution in [-0.2, 0) is 9.53 Å². The summed E-state index contributed by atoms with van der Waals surface area (Å²) in [6.07, 6.45) is 5.78. The lowest BCUT2D eigenvalue weighted by Crippen LogP contribution is -2.52. The van der Waals surface area contributed by atoms with Crippen molar-refractivity contribution in [3.63, 3.8) is 0 Å². The summed E-state index contributed by atoms with van der Waals surface area (Å²) in [6.45, 7) is 2.96. The molecule has 2 fully saturated rings. The quantitative estimate of drug-likeness (QED) is 0.861. The molecule has 0 bridgehead atoms. The van der Waals surface area contributed by atoms with Gasteiger partial charge in [-0.05, 0) is 19.8 Å². The molecule has 0 aromatic carbocycles. The zero-order valence-electron chi connectivity index (χ0n) is 13.0. The topological polar surface area (TPSA) is 70.1 Å². The van der Waals surface area contributed by atoms with Gasteiger partial charge in [0.15, 0.2) is 0 Å². The van der Waals surface area contributed by atoms with E-state index in [9.17, 15) is 14.7 Å². The number of hydrogen-bond acceptors (Lipinski definition) is 3. The maximum atomic E-state index is 12.8. The lowest BCUT2D eigenvalue weighted by Gasteiger charge is -2.37. The number of carbonyl (C=O) groups is 2. The van der Waals surface area contributed by atoms with Gasteiger partial charge in [0.2, 0.25) is 0 Å². The van der Waals surface area contributed by atoms with Crippen molar-refractivity contribution < 1.29 is 19.4 Å². The Morgan fingerprint density at radius 1 is 1.29 bits per heavy atom. The predicted molar refractivity (Wildman–Crippen MR) is 78.2 cm³/mol. The summed E-state index contributed by atoms with van der Waals surface area (Å²) in [5.41, 5.74) is 0. The van der Waals surface area contributed by atoms with Crippen LogP contribution in [0.1, 0.15) is 45.4 Å². The van der Waals surface area contributed by atoms with E-state index in [1.54, 1.807) is 7.11 Å². The molecule has 120 valence electrons. The number of ether oxygens (including phenoxy) is 1. The van der Waals surface area contributed by atoms with Gasteiger partial charge in [-0.1, -0.05) is 19.3 Å². The second kappa shape index (κ2) is 7.11. The highest BCUT2D eigenvalue weighted by Crippen LogP contribution is 2.27. The molecule has 6 nitrogen and oxygen atoms in total. The monoisotopic (exact) mass is 298 g/mol. The molecular weight excluding hydrogens is 272 g/mol. The maximum absolute atomic E-state index is 12.8. The highest BCUT2D eigenvalue weighted by molar-refractivity contribution is 5.83. The van der Waals surface area contributed by atoms with Crippen LogP contribution in [0.25, 0.3) is 0 Å². The normalized spacial score (nSPS) is 26.9. The van der Waals surface area contributed by atoms with Gasteiger partial charge in [0.25, 0.3) is 0 Å². The molecule has 2 amide bonds. The zero-order valence-corrected chi connectivity index (χ0v) is 13.0. The third-order valence-electron chi connectivity index (χ3n) is 4.73. The van der Waals surface area contributed by atoms with Gasteiger partial charge in [0.05, 0.1) is 6.10 Å². The molecule has 2 atom stereocenters. The highest BCUT2D eigenvalue weighted by Gasteiger charge is 2.42. The van der Waals surface area contributed by atoms with Gasteiger partial charge >= 0.3 is 12.0 Å². The van der Waals surface area contributed by atoms with Gasteiger partial charge in [-0.25, -0.2) is 9.59 Å². The van der Waals surface area contributed by atoms with E-state index in [1.807, 2.05) is 11.8 Å². The van der Waals surface area contributed by atoms with E-state index >= 15 is 0 Å². The van der Waals surface area contributed by atoms with Gasteiger partial charge in [-0.15, -0.1) is 0 Å². The molecule has 1 aliphatic carbocycles. The van der Waals surface area contributed by atoms with Crippen LogP contribution in [0, 0.1) is 0 Å². The van der Waals surface area contributed by atoms with E-state index in [2.05, 4.69) is 0 Å². The Balaban J connectivity index is 2.09. The summed E-state index contributed by atoms with van der Waals surface area (Å²) in [6, 6.07) is -0.649. The second-order valence-corrected chi connectivity index (χ2v) is 5.96. The molecule has 1 saturated carbocycles. The third kappa shape index (κ3) is 3.48. The van der Waals surface area contributed by atoms with E-state index in [4.69, 9.17) is 4.74 Å². The van der Waals surface area contributed by atoms with E-state index in [0.29, 0.717) is 19.5 Å². The molecule has 0 aromatic heterocycles. The number of nitrogens with zero attached hydrogens (tertiary/aromatic N) is 2. The molecule has 0 aromatic rings. The molecule has 1 heterocycles. The van der Waals surface area contributed by atoms with Crippen LogP contribution in [0.2, 0.25) is 0 Å². The van der Waals surface area contributed by atoms with Crippen LogP contribution in [0.4, 0.5) is 4.79 Å². The van der Waals surface area contributed by atoms with Gasteiger partial charge in [0.1, 0.15) is 6.04 Å². The van der Waals surface area contributed by atoms with Gasteiger partial charge in [-0.3, -0.25) is 0 Å². The number of carboxylic acids is 1. The third-order valence-corrected chi connectivity index (χ3v) is 4.73. The van der Waals surface area contributed by atoms with E-state index < -0.39 is 12.0 Å². The number of amides is 2. The Labute approximate surface area is 126 Å². The largest absolute Gasteiger partial charge is 0.480 e. The second-order valence-electron chi connectivity index (χ2n) is 5.96. The number of aliphatic carboxylic acids is 1. The molecule has 6 heteroatoms. The molecule has 2 aliphatic rings. The minimum atomic E-state index is -0.942.